The largest absolute Gasteiger partial charge is 0.380 e. The molecule has 0 spiro atoms. The molecule has 0 saturated carbocycles. The van der Waals surface area contributed by atoms with Gasteiger partial charge in [-0.1, -0.05) is 18.2 Å². The maximum Gasteiger partial charge on any atom is 0.142 e. The normalized spacial score (nSPS) is 13.1. The van der Waals surface area contributed by atoms with Crippen molar-refractivity contribution in [3.63, 3.8) is 0 Å². The lowest BCUT2D eigenvalue weighted by atomic mass is 10.1. The lowest BCUT2D eigenvalue weighted by Gasteiger charge is -2.11. The molecule has 1 atom stereocenters. The van der Waals surface area contributed by atoms with Crippen LogP contribution >= 0.6 is 11.3 Å². The number of thiophene rings is 1. The lowest BCUT2D eigenvalue weighted by Crippen LogP contribution is -2.06. The van der Waals surface area contributed by atoms with Gasteiger partial charge in [-0.05, 0) is 16.8 Å². The average molecular weight is 244 g/mol. The third-order valence-corrected chi connectivity index (χ3v) is 3.89. The molecule has 1 aromatic carbocycles. The summed E-state index contributed by atoms with van der Waals surface area (Å²) in [4.78, 5) is 4.20. The summed E-state index contributed by atoms with van der Waals surface area (Å²) in [5.74, 6) is 0.672. The van der Waals surface area contributed by atoms with Crippen molar-refractivity contribution in [2.75, 3.05) is 0 Å². The van der Waals surface area contributed by atoms with Crippen molar-refractivity contribution in [3.05, 3.63) is 53.4 Å². The van der Waals surface area contributed by atoms with E-state index in [4.69, 9.17) is 0 Å². The molecule has 3 rings (SSSR count). The maximum atomic E-state index is 10.4. The Labute approximate surface area is 103 Å². The Kier molecular flexibility index (Phi) is 2.46. The van der Waals surface area contributed by atoms with E-state index in [9.17, 15) is 5.11 Å². The van der Waals surface area contributed by atoms with Crippen LogP contribution in [-0.2, 0) is 7.05 Å². The lowest BCUT2D eigenvalue weighted by molar-refractivity contribution is 0.208. The molecule has 2 heterocycles. The van der Waals surface area contributed by atoms with Crippen molar-refractivity contribution in [2.24, 2.45) is 7.05 Å². The van der Waals surface area contributed by atoms with Crippen molar-refractivity contribution < 1.29 is 5.11 Å². The molecule has 0 fully saturated rings. The molecule has 3 nitrogen and oxygen atoms in total. The number of hydrogen-bond acceptors (Lipinski definition) is 3. The van der Waals surface area contributed by atoms with Crippen molar-refractivity contribution in [2.45, 2.75) is 6.10 Å². The van der Waals surface area contributed by atoms with Crippen LogP contribution in [0.5, 0.6) is 0 Å². The summed E-state index contributed by atoms with van der Waals surface area (Å²) in [5, 5.41) is 13.6. The molecule has 3 aromatic rings. The molecule has 0 amide bonds. The zero-order valence-electron chi connectivity index (χ0n) is 9.37. The molecular weight excluding hydrogens is 232 g/mol. The van der Waals surface area contributed by atoms with Crippen LogP contribution < -0.4 is 0 Å². The van der Waals surface area contributed by atoms with E-state index < -0.39 is 6.10 Å². The fourth-order valence-corrected chi connectivity index (χ4v) is 2.95. The van der Waals surface area contributed by atoms with Gasteiger partial charge in [-0.2, -0.15) is 0 Å². The van der Waals surface area contributed by atoms with E-state index in [1.165, 1.54) is 5.39 Å². The number of benzene rings is 1. The molecule has 2 aromatic heterocycles. The Morgan fingerprint density at radius 1 is 1.35 bits per heavy atom. The highest BCUT2D eigenvalue weighted by Crippen LogP contribution is 2.31. The van der Waals surface area contributed by atoms with Crippen LogP contribution in [0, 0.1) is 0 Å². The number of aryl methyl sites for hydroxylation is 1. The number of imidazole rings is 1. The molecule has 0 aliphatic carbocycles. The highest BCUT2D eigenvalue weighted by Gasteiger charge is 2.17. The number of aromatic nitrogens is 2. The summed E-state index contributed by atoms with van der Waals surface area (Å²) in [6.45, 7) is 0. The zero-order valence-corrected chi connectivity index (χ0v) is 10.2. The molecule has 0 radical (unpaired) electrons. The van der Waals surface area contributed by atoms with Crippen LogP contribution in [0.1, 0.15) is 17.5 Å². The van der Waals surface area contributed by atoms with E-state index in [-0.39, 0.29) is 0 Å². The van der Waals surface area contributed by atoms with Crippen LogP contribution in [0.4, 0.5) is 0 Å². The third kappa shape index (κ3) is 1.66. The van der Waals surface area contributed by atoms with Gasteiger partial charge in [0.2, 0.25) is 0 Å². The molecule has 0 bridgehead atoms. The second kappa shape index (κ2) is 3.98. The Hall–Kier alpha value is -1.65. The van der Waals surface area contributed by atoms with Crippen molar-refractivity contribution in [1.29, 1.82) is 0 Å². The summed E-state index contributed by atoms with van der Waals surface area (Å²) >= 11 is 1.65. The van der Waals surface area contributed by atoms with Gasteiger partial charge in [0.25, 0.3) is 0 Å². The van der Waals surface area contributed by atoms with Crippen LogP contribution in [0.3, 0.4) is 0 Å². The summed E-state index contributed by atoms with van der Waals surface area (Å²) in [6, 6.07) is 8.05. The molecular formula is C13H12N2OS. The number of fused-ring (bicyclic) bond motifs is 1. The van der Waals surface area contributed by atoms with Crippen LogP contribution in [0.15, 0.2) is 42.0 Å². The Bertz CT molecular complexity index is 656. The van der Waals surface area contributed by atoms with Gasteiger partial charge < -0.3 is 9.67 Å². The van der Waals surface area contributed by atoms with Crippen LogP contribution in [0.2, 0.25) is 0 Å². The number of nitrogens with zero attached hydrogens (tertiary/aromatic N) is 2. The predicted molar refractivity (Wildman–Crippen MR) is 69.1 cm³/mol. The fraction of sp³-hybridized carbons (Fsp3) is 0.154. The quantitative estimate of drug-likeness (QED) is 0.752. The molecule has 1 unspecified atom stereocenters. The molecule has 0 aliphatic rings. The van der Waals surface area contributed by atoms with E-state index in [1.54, 1.807) is 17.5 Å². The SMILES string of the molecule is Cn1ccnc1C(O)c1cccc2ccsc12. The first kappa shape index (κ1) is 10.5. The summed E-state index contributed by atoms with van der Waals surface area (Å²) < 4.78 is 2.97. The van der Waals surface area contributed by atoms with Gasteiger partial charge in [0.15, 0.2) is 0 Å². The summed E-state index contributed by atoms with van der Waals surface area (Å²) in [5.41, 5.74) is 0.923. The Morgan fingerprint density at radius 3 is 3.00 bits per heavy atom. The van der Waals surface area contributed by atoms with Gasteiger partial charge in [0.05, 0.1) is 0 Å². The molecule has 17 heavy (non-hydrogen) atoms. The zero-order chi connectivity index (χ0) is 11.8. The second-order valence-corrected chi connectivity index (χ2v) is 4.90. The maximum absolute atomic E-state index is 10.4. The second-order valence-electron chi connectivity index (χ2n) is 3.99. The molecule has 0 aliphatic heterocycles. The van der Waals surface area contributed by atoms with E-state index >= 15 is 0 Å². The van der Waals surface area contributed by atoms with Gasteiger partial charge in [-0.3, -0.25) is 0 Å². The minimum absolute atomic E-state index is 0.669. The molecule has 86 valence electrons. The van der Waals surface area contributed by atoms with Crippen molar-refractivity contribution >= 4 is 21.4 Å². The average Bonchev–Trinajstić information content (AvgIpc) is 2.95. The number of hydrogen-bond donors (Lipinski definition) is 1. The molecule has 4 heteroatoms. The Morgan fingerprint density at radius 2 is 2.24 bits per heavy atom. The van der Waals surface area contributed by atoms with Crippen molar-refractivity contribution in [3.8, 4) is 0 Å². The van der Waals surface area contributed by atoms with Crippen molar-refractivity contribution in [1.82, 2.24) is 9.55 Å². The first-order valence-corrected chi connectivity index (χ1v) is 6.27. The molecule has 0 saturated heterocycles. The first-order chi connectivity index (χ1) is 8.27. The van der Waals surface area contributed by atoms with E-state index in [0.717, 1.165) is 10.3 Å². The van der Waals surface area contributed by atoms with Gasteiger partial charge in [0.1, 0.15) is 11.9 Å². The first-order valence-electron chi connectivity index (χ1n) is 5.39. The number of aliphatic hydroxyl groups excluding tert-OH is 1. The third-order valence-electron chi connectivity index (χ3n) is 2.91. The standard InChI is InChI=1S/C13H12N2OS/c1-15-7-6-14-13(15)11(16)10-4-2-3-9-5-8-17-12(9)10/h2-8,11,16H,1H3. The number of rotatable bonds is 2. The van der Waals surface area contributed by atoms with Gasteiger partial charge in [-0.25, -0.2) is 4.98 Å². The van der Waals surface area contributed by atoms with Crippen LogP contribution in [0.25, 0.3) is 10.1 Å². The van der Waals surface area contributed by atoms with E-state index in [1.807, 2.05) is 35.3 Å². The molecule has 1 N–H and O–H groups in total. The predicted octanol–water partition coefficient (Wildman–Crippen LogP) is 2.72. The minimum atomic E-state index is -0.669. The monoisotopic (exact) mass is 244 g/mol. The minimum Gasteiger partial charge on any atom is -0.380 e. The van der Waals surface area contributed by atoms with E-state index in [0.29, 0.717) is 5.82 Å². The highest BCUT2D eigenvalue weighted by atomic mass is 32.1. The van der Waals surface area contributed by atoms with E-state index in [2.05, 4.69) is 17.1 Å². The summed E-state index contributed by atoms with van der Waals surface area (Å²) in [6.07, 6.45) is 2.87. The number of aliphatic hydroxyl groups is 1. The Balaban J connectivity index is 2.15. The fourth-order valence-electron chi connectivity index (χ4n) is 2.01. The smallest absolute Gasteiger partial charge is 0.142 e. The summed E-state index contributed by atoms with van der Waals surface area (Å²) in [7, 11) is 1.89. The van der Waals surface area contributed by atoms with Crippen LogP contribution in [-0.4, -0.2) is 14.7 Å². The highest BCUT2D eigenvalue weighted by molar-refractivity contribution is 7.17. The van der Waals surface area contributed by atoms with Gasteiger partial charge in [0, 0.05) is 29.7 Å². The topological polar surface area (TPSA) is 38.0 Å². The van der Waals surface area contributed by atoms with Gasteiger partial charge >= 0.3 is 0 Å². The van der Waals surface area contributed by atoms with Gasteiger partial charge in [-0.15, -0.1) is 11.3 Å².